The molecular formula is C15H13ClF3N. The molecule has 0 aliphatic carbocycles. The zero-order valence-corrected chi connectivity index (χ0v) is 11.3. The first-order chi connectivity index (χ1) is 9.41. The summed E-state index contributed by atoms with van der Waals surface area (Å²) in [7, 11) is 0. The quantitative estimate of drug-likeness (QED) is 0.885. The molecule has 0 aliphatic heterocycles. The normalized spacial score (nSPS) is 11.7. The van der Waals surface area contributed by atoms with Gasteiger partial charge in [0.15, 0.2) is 0 Å². The van der Waals surface area contributed by atoms with Crippen molar-refractivity contribution in [1.82, 2.24) is 0 Å². The van der Waals surface area contributed by atoms with Crippen molar-refractivity contribution in [3.8, 4) is 11.1 Å². The molecule has 0 aliphatic rings. The zero-order valence-electron chi connectivity index (χ0n) is 10.5. The van der Waals surface area contributed by atoms with E-state index in [-0.39, 0.29) is 0 Å². The van der Waals surface area contributed by atoms with Gasteiger partial charge in [-0.2, -0.15) is 13.2 Å². The Morgan fingerprint density at radius 1 is 1.00 bits per heavy atom. The van der Waals surface area contributed by atoms with E-state index < -0.39 is 11.7 Å². The molecule has 2 rings (SSSR count). The molecule has 0 saturated heterocycles. The second-order valence-electron chi connectivity index (χ2n) is 4.42. The maximum Gasteiger partial charge on any atom is 0.416 e. The Hall–Kier alpha value is -1.52. The van der Waals surface area contributed by atoms with Gasteiger partial charge in [0.05, 0.1) is 5.56 Å². The van der Waals surface area contributed by atoms with Crippen molar-refractivity contribution in [3.63, 3.8) is 0 Å². The van der Waals surface area contributed by atoms with Crippen LogP contribution in [0.4, 0.5) is 13.2 Å². The molecule has 0 unspecified atom stereocenters. The highest BCUT2D eigenvalue weighted by molar-refractivity contribution is 6.31. The summed E-state index contributed by atoms with van der Waals surface area (Å²) in [5, 5.41) is 0.575. The summed E-state index contributed by atoms with van der Waals surface area (Å²) in [5.74, 6) is 0. The Morgan fingerprint density at radius 2 is 1.70 bits per heavy atom. The maximum atomic E-state index is 12.7. The molecule has 2 aromatic rings. The highest BCUT2D eigenvalue weighted by Crippen LogP contribution is 2.33. The number of benzene rings is 2. The number of hydrogen-bond acceptors (Lipinski definition) is 1. The summed E-state index contributed by atoms with van der Waals surface area (Å²) < 4.78 is 38.1. The molecule has 0 amide bonds. The average molecular weight is 300 g/mol. The van der Waals surface area contributed by atoms with Gasteiger partial charge in [-0.1, -0.05) is 29.8 Å². The first kappa shape index (κ1) is 14.9. The van der Waals surface area contributed by atoms with Crippen molar-refractivity contribution in [1.29, 1.82) is 0 Å². The van der Waals surface area contributed by atoms with Crippen LogP contribution in [-0.2, 0) is 12.6 Å². The SMILES string of the molecule is NCCc1cc(-c2cccc(C(F)(F)F)c2)ccc1Cl. The van der Waals surface area contributed by atoms with E-state index in [4.69, 9.17) is 17.3 Å². The van der Waals surface area contributed by atoms with Crippen LogP contribution in [0.1, 0.15) is 11.1 Å². The van der Waals surface area contributed by atoms with E-state index in [9.17, 15) is 13.2 Å². The van der Waals surface area contributed by atoms with Gasteiger partial charge in [-0.15, -0.1) is 0 Å². The molecule has 0 saturated carbocycles. The lowest BCUT2D eigenvalue weighted by molar-refractivity contribution is -0.137. The fourth-order valence-corrected chi connectivity index (χ4v) is 2.19. The number of rotatable bonds is 3. The first-order valence-electron chi connectivity index (χ1n) is 6.08. The Bertz CT molecular complexity index is 608. The summed E-state index contributed by atoms with van der Waals surface area (Å²) in [6, 6.07) is 10.4. The molecule has 1 nitrogen and oxygen atoms in total. The molecule has 20 heavy (non-hydrogen) atoms. The van der Waals surface area contributed by atoms with Gasteiger partial charge >= 0.3 is 6.18 Å². The number of halogens is 4. The van der Waals surface area contributed by atoms with Crippen molar-refractivity contribution >= 4 is 11.6 Å². The number of alkyl halides is 3. The van der Waals surface area contributed by atoms with Gasteiger partial charge in [-0.25, -0.2) is 0 Å². The molecule has 106 valence electrons. The molecule has 2 aromatic carbocycles. The summed E-state index contributed by atoms with van der Waals surface area (Å²) in [6.07, 6.45) is -3.76. The third-order valence-electron chi connectivity index (χ3n) is 2.98. The molecule has 0 heterocycles. The van der Waals surface area contributed by atoms with Gasteiger partial charge in [0.25, 0.3) is 0 Å². The molecule has 0 atom stereocenters. The van der Waals surface area contributed by atoms with Crippen LogP contribution in [0.5, 0.6) is 0 Å². The topological polar surface area (TPSA) is 26.0 Å². The second kappa shape index (κ2) is 5.85. The smallest absolute Gasteiger partial charge is 0.330 e. The Morgan fingerprint density at radius 3 is 2.35 bits per heavy atom. The highest BCUT2D eigenvalue weighted by atomic mass is 35.5. The van der Waals surface area contributed by atoms with E-state index in [2.05, 4.69) is 0 Å². The van der Waals surface area contributed by atoms with E-state index in [1.54, 1.807) is 24.3 Å². The van der Waals surface area contributed by atoms with Gasteiger partial charge in [0, 0.05) is 5.02 Å². The van der Waals surface area contributed by atoms with Gasteiger partial charge in [0.1, 0.15) is 0 Å². The minimum Gasteiger partial charge on any atom is -0.330 e. The minimum atomic E-state index is -4.34. The first-order valence-corrected chi connectivity index (χ1v) is 6.46. The number of hydrogen-bond donors (Lipinski definition) is 1. The molecule has 2 N–H and O–H groups in total. The van der Waals surface area contributed by atoms with Crippen LogP contribution in [0, 0.1) is 0 Å². The lowest BCUT2D eigenvalue weighted by Crippen LogP contribution is -2.05. The van der Waals surface area contributed by atoms with Gasteiger partial charge in [-0.05, 0) is 53.9 Å². The van der Waals surface area contributed by atoms with Gasteiger partial charge < -0.3 is 5.73 Å². The van der Waals surface area contributed by atoms with Crippen LogP contribution >= 0.6 is 11.6 Å². The van der Waals surface area contributed by atoms with Gasteiger partial charge in [-0.3, -0.25) is 0 Å². The third kappa shape index (κ3) is 3.32. The van der Waals surface area contributed by atoms with Crippen LogP contribution in [0.15, 0.2) is 42.5 Å². The molecule has 5 heteroatoms. The largest absolute Gasteiger partial charge is 0.416 e. The summed E-state index contributed by atoms with van der Waals surface area (Å²) >= 11 is 6.03. The van der Waals surface area contributed by atoms with E-state index >= 15 is 0 Å². The lowest BCUT2D eigenvalue weighted by atomic mass is 10.00. The maximum absolute atomic E-state index is 12.7. The molecule has 0 bridgehead atoms. The molecule has 0 spiro atoms. The van der Waals surface area contributed by atoms with Crippen molar-refractivity contribution in [3.05, 3.63) is 58.6 Å². The van der Waals surface area contributed by atoms with Gasteiger partial charge in [0.2, 0.25) is 0 Å². The van der Waals surface area contributed by atoms with Crippen LogP contribution < -0.4 is 5.73 Å². The number of nitrogens with two attached hydrogens (primary N) is 1. The average Bonchev–Trinajstić information content (AvgIpc) is 2.41. The Labute approximate surface area is 120 Å². The molecular weight excluding hydrogens is 287 g/mol. The van der Waals surface area contributed by atoms with Crippen LogP contribution in [-0.4, -0.2) is 6.54 Å². The molecule has 0 radical (unpaired) electrons. The van der Waals surface area contributed by atoms with Crippen LogP contribution in [0.3, 0.4) is 0 Å². The summed E-state index contributed by atoms with van der Waals surface area (Å²) in [4.78, 5) is 0. The van der Waals surface area contributed by atoms with Crippen molar-refractivity contribution in [2.75, 3.05) is 6.54 Å². The van der Waals surface area contributed by atoms with Crippen molar-refractivity contribution in [2.24, 2.45) is 5.73 Å². The predicted octanol–water partition coefficient (Wildman–Crippen LogP) is 4.53. The minimum absolute atomic E-state index is 0.436. The van der Waals surface area contributed by atoms with Crippen LogP contribution in [0.2, 0.25) is 5.02 Å². The standard InChI is InChI=1S/C15H13ClF3N/c16-14-5-4-11(8-12(14)6-7-20)10-2-1-3-13(9-10)15(17,18)19/h1-5,8-9H,6-7,20H2. The Balaban J connectivity index is 2.44. The highest BCUT2D eigenvalue weighted by Gasteiger charge is 2.30. The second-order valence-corrected chi connectivity index (χ2v) is 4.83. The fourth-order valence-electron chi connectivity index (χ4n) is 1.98. The lowest BCUT2D eigenvalue weighted by Gasteiger charge is -2.10. The predicted molar refractivity (Wildman–Crippen MR) is 74.6 cm³/mol. The fraction of sp³-hybridized carbons (Fsp3) is 0.200. The van der Waals surface area contributed by atoms with Crippen LogP contribution in [0.25, 0.3) is 11.1 Å². The molecule has 0 fully saturated rings. The van der Waals surface area contributed by atoms with E-state index in [1.165, 1.54) is 6.07 Å². The van der Waals surface area contributed by atoms with Crippen molar-refractivity contribution < 1.29 is 13.2 Å². The van der Waals surface area contributed by atoms with E-state index in [0.29, 0.717) is 29.1 Å². The van der Waals surface area contributed by atoms with Crippen molar-refractivity contribution in [2.45, 2.75) is 12.6 Å². The van der Waals surface area contributed by atoms with E-state index in [0.717, 1.165) is 17.7 Å². The summed E-state index contributed by atoms with van der Waals surface area (Å²) in [6.45, 7) is 0.436. The third-order valence-corrected chi connectivity index (χ3v) is 3.35. The summed E-state index contributed by atoms with van der Waals surface area (Å²) in [5.41, 5.74) is 6.87. The monoisotopic (exact) mass is 299 g/mol. The Kier molecular flexibility index (Phi) is 4.35. The zero-order chi connectivity index (χ0) is 14.8. The van der Waals surface area contributed by atoms with E-state index in [1.807, 2.05) is 0 Å². The molecule has 0 aromatic heterocycles.